The number of nitrogens with zero attached hydrogens (tertiary/aromatic N) is 2. The van der Waals surface area contributed by atoms with Crippen LogP contribution in [0.3, 0.4) is 0 Å². The molecule has 0 aromatic heterocycles. The molecule has 0 aliphatic carbocycles. The molecule has 0 unspecified atom stereocenters. The largest absolute Gasteiger partial charge is 0.330 e. The van der Waals surface area contributed by atoms with Crippen molar-refractivity contribution in [3.63, 3.8) is 0 Å². The molecular weight excluding hydrogens is 222 g/mol. The highest BCUT2D eigenvalue weighted by Gasteiger charge is 2.26. The average molecular weight is 248 g/mol. The first kappa shape index (κ1) is 14.2. The molecule has 2 rings (SSSR count). The molecule has 3 nitrogen and oxygen atoms in total. The molecule has 0 aromatic rings. The minimum absolute atomic E-state index is 0. The Morgan fingerprint density at radius 1 is 1.00 bits per heavy atom. The maximum Gasteiger partial charge on any atom is 0.0120 e. The van der Waals surface area contributed by atoms with Crippen LogP contribution >= 0.6 is 12.4 Å². The van der Waals surface area contributed by atoms with E-state index in [1.54, 1.807) is 0 Å². The zero-order valence-corrected chi connectivity index (χ0v) is 11.2. The van der Waals surface area contributed by atoms with Crippen LogP contribution in [0.15, 0.2) is 0 Å². The van der Waals surface area contributed by atoms with Gasteiger partial charge in [-0.1, -0.05) is 0 Å². The van der Waals surface area contributed by atoms with Crippen molar-refractivity contribution in [2.24, 2.45) is 11.7 Å². The number of rotatable bonds is 2. The highest BCUT2D eigenvalue weighted by Crippen LogP contribution is 2.22. The first-order valence-electron chi connectivity index (χ1n) is 6.42. The summed E-state index contributed by atoms with van der Waals surface area (Å²) in [5.74, 6) is 0.799. The van der Waals surface area contributed by atoms with Crippen LogP contribution in [0.2, 0.25) is 0 Å². The van der Waals surface area contributed by atoms with Crippen LogP contribution in [0.25, 0.3) is 0 Å². The highest BCUT2D eigenvalue weighted by molar-refractivity contribution is 5.85. The van der Waals surface area contributed by atoms with E-state index in [-0.39, 0.29) is 12.4 Å². The lowest BCUT2D eigenvalue weighted by Gasteiger charge is -2.40. The Balaban J connectivity index is 0.00000128. The molecule has 2 aliphatic heterocycles. The van der Waals surface area contributed by atoms with Gasteiger partial charge in [0.25, 0.3) is 0 Å². The zero-order chi connectivity index (χ0) is 10.7. The molecular formula is C12H26ClN3. The molecule has 2 N–H and O–H groups in total. The van der Waals surface area contributed by atoms with Gasteiger partial charge in [0.2, 0.25) is 0 Å². The molecule has 0 spiro atoms. The fraction of sp³-hybridized carbons (Fsp3) is 1.00. The van der Waals surface area contributed by atoms with E-state index in [0.29, 0.717) is 0 Å². The van der Waals surface area contributed by atoms with Crippen molar-refractivity contribution in [1.29, 1.82) is 0 Å². The van der Waals surface area contributed by atoms with Crippen molar-refractivity contribution in [2.45, 2.75) is 31.7 Å². The van der Waals surface area contributed by atoms with E-state index < -0.39 is 0 Å². The third-order valence-corrected chi connectivity index (χ3v) is 4.19. The van der Waals surface area contributed by atoms with Gasteiger partial charge in [0.15, 0.2) is 0 Å². The van der Waals surface area contributed by atoms with Crippen LogP contribution in [-0.4, -0.2) is 55.6 Å². The molecule has 96 valence electrons. The number of halogens is 1. The van der Waals surface area contributed by atoms with Gasteiger partial charge in [0, 0.05) is 6.04 Å². The molecule has 0 bridgehead atoms. The van der Waals surface area contributed by atoms with E-state index in [0.717, 1.165) is 18.5 Å². The van der Waals surface area contributed by atoms with E-state index in [1.807, 2.05) is 0 Å². The van der Waals surface area contributed by atoms with Crippen molar-refractivity contribution < 1.29 is 0 Å². The molecule has 2 aliphatic rings. The molecule has 16 heavy (non-hydrogen) atoms. The Morgan fingerprint density at radius 2 is 1.56 bits per heavy atom. The normalized spacial score (nSPS) is 26.6. The van der Waals surface area contributed by atoms with E-state index in [1.165, 1.54) is 51.9 Å². The van der Waals surface area contributed by atoms with Crippen molar-refractivity contribution >= 4 is 12.4 Å². The van der Waals surface area contributed by atoms with Gasteiger partial charge < -0.3 is 15.5 Å². The van der Waals surface area contributed by atoms with Crippen molar-refractivity contribution in [3.8, 4) is 0 Å². The number of nitrogens with two attached hydrogens (primary N) is 1. The summed E-state index contributed by atoms with van der Waals surface area (Å²) >= 11 is 0. The van der Waals surface area contributed by atoms with E-state index in [2.05, 4.69) is 16.8 Å². The number of likely N-dealkylation sites (tertiary alicyclic amines) is 2. The van der Waals surface area contributed by atoms with Gasteiger partial charge in [-0.15, -0.1) is 12.4 Å². The number of piperidine rings is 2. The monoisotopic (exact) mass is 247 g/mol. The van der Waals surface area contributed by atoms with Crippen LogP contribution in [-0.2, 0) is 0 Å². The average Bonchev–Trinajstić information content (AvgIpc) is 2.30. The summed E-state index contributed by atoms with van der Waals surface area (Å²) < 4.78 is 0. The van der Waals surface area contributed by atoms with Crippen LogP contribution in [0.5, 0.6) is 0 Å². The third kappa shape index (κ3) is 3.59. The standard InChI is InChI=1S/C12H25N3.ClH/c1-14-6-4-12(5-7-14)15-8-2-11(10-13)3-9-15;/h11-12H,2-10,13H2,1H3;1H. The van der Waals surface area contributed by atoms with Gasteiger partial charge >= 0.3 is 0 Å². The Kier molecular flexibility index (Phi) is 6.05. The quantitative estimate of drug-likeness (QED) is 0.795. The fourth-order valence-corrected chi connectivity index (χ4v) is 2.91. The zero-order valence-electron chi connectivity index (χ0n) is 10.4. The molecule has 0 amide bonds. The summed E-state index contributed by atoms with van der Waals surface area (Å²) in [5, 5.41) is 0. The summed E-state index contributed by atoms with van der Waals surface area (Å²) in [4.78, 5) is 5.16. The van der Waals surface area contributed by atoms with Gasteiger partial charge in [-0.05, 0) is 71.4 Å². The minimum Gasteiger partial charge on any atom is -0.330 e. The van der Waals surface area contributed by atoms with Crippen molar-refractivity contribution in [3.05, 3.63) is 0 Å². The van der Waals surface area contributed by atoms with E-state index in [9.17, 15) is 0 Å². The second kappa shape index (κ2) is 6.80. The van der Waals surface area contributed by atoms with E-state index in [4.69, 9.17) is 5.73 Å². The summed E-state index contributed by atoms with van der Waals surface area (Å²) in [6.07, 6.45) is 5.37. The first-order chi connectivity index (χ1) is 7.29. The maximum absolute atomic E-state index is 5.72. The summed E-state index contributed by atoms with van der Waals surface area (Å²) in [5.41, 5.74) is 5.72. The predicted octanol–water partition coefficient (Wildman–Crippen LogP) is 1.17. The Morgan fingerprint density at radius 3 is 2.06 bits per heavy atom. The Hall–Kier alpha value is 0.170. The Labute approximate surface area is 106 Å². The second-order valence-corrected chi connectivity index (χ2v) is 5.25. The van der Waals surface area contributed by atoms with E-state index >= 15 is 0 Å². The molecule has 2 fully saturated rings. The summed E-state index contributed by atoms with van der Waals surface area (Å²) in [6.45, 7) is 6.02. The second-order valence-electron chi connectivity index (χ2n) is 5.25. The van der Waals surface area contributed by atoms with Crippen LogP contribution in [0.1, 0.15) is 25.7 Å². The molecule has 0 aromatic carbocycles. The first-order valence-corrected chi connectivity index (χ1v) is 6.42. The fourth-order valence-electron chi connectivity index (χ4n) is 2.91. The number of hydrogen-bond acceptors (Lipinski definition) is 3. The van der Waals surface area contributed by atoms with Crippen molar-refractivity contribution in [1.82, 2.24) is 9.80 Å². The lowest BCUT2D eigenvalue weighted by molar-refractivity contribution is 0.0870. The SMILES string of the molecule is CN1CCC(N2CCC(CN)CC2)CC1.Cl. The summed E-state index contributed by atoms with van der Waals surface area (Å²) in [6, 6.07) is 0.861. The van der Waals surface area contributed by atoms with Gasteiger partial charge in [-0.2, -0.15) is 0 Å². The predicted molar refractivity (Wildman–Crippen MR) is 71.1 cm³/mol. The van der Waals surface area contributed by atoms with Gasteiger partial charge in [-0.25, -0.2) is 0 Å². The molecule has 2 heterocycles. The van der Waals surface area contributed by atoms with Gasteiger partial charge in [-0.3, -0.25) is 0 Å². The molecule has 2 saturated heterocycles. The minimum atomic E-state index is 0. The smallest absolute Gasteiger partial charge is 0.0120 e. The lowest BCUT2D eigenvalue weighted by Crippen LogP contribution is -2.47. The molecule has 0 saturated carbocycles. The molecule has 0 atom stereocenters. The highest BCUT2D eigenvalue weighted by atomic mass is 35.5. The lowest BCUT2D eigenvalue weighted by atomic mass is 9.94. The van der Waals surface area contributed by atoms with Crippen LogP contribution in [0, 0.1) is 5.92 Å². The van der Waals surface area contributed by atoms with Crippen molar-refractivity contribution in [2.75, 3.05) is 39.8 Å². The summed E-state index contributed by atoms with van der Waals surface area (Å²) in [7, 11) is 2.23. The van der Waals surface area contributed by atoms with Gasteiger partial charge in [0.1, 0.15) is 0 Å². The molecule has 4 heteroatoms. The molecule has 0 radical (unpaired) electrons. The van der Waals surface area contributed by atoms with Crippen LogP contribution < -0.4 is 5.73 Å². The Bertz CT molecular complexity index is 185. The topological polar surface area (TPSA) is 32.5 Å². The van der Waals surface area contributed by atoms with Gasteiger partial charge in [0.05, 0.1) is 0 Å². The maximum atomic E-state index is 5.72. The number of hydrogen-bond donors (Lipinski definition) is 1. The van der Waals surface area contributed by atoms with Crippen LogP contribution in [0.4, 0.5) is 0 Å². The third-order valence-electron chi connectivity index (χ3n) is 4.19.